The molecule has 90 valence electrons. The van der Waals surface area contributed by atoms with Gasteiger partial charge in [0.25, 0.3) is 0 Å². The predicted octanol–water partition coefficient (Wildman–Crippen LogP) is 1.59. The summed E-state index contributed by atoms with van der Waals surface area (Å²) in [5.74, 6) is 0.614. The summed E-state index contributed by atoms with van der Waals surface area (Å²) >= 11 is 0. The first-order valence-electron chi connectivity index (χ1n) is 5.90. The third kappa shape index (κ3) is 5.92. The fourth-order valence-corrected chi connectivity index (χ4v) is 1.64. The third-order valence-electron chi connectivity index (χ3n) is 2.89. The van der Waals surface area contributed by atoms with Crippen LogP contribution in [0.2, 0.25) is 0 Å². The summed E-state index contributed by atoms with van der Waals surface area (Å²) in [6, 6.07) is 0. The molecule has 0 saturated heterocycles. The van der Waals surface area contributed by atoms with Crippen molar-refractivity contribution in [3.8, 4) is 0 Å². The minimum absolute atomic E-state index is 0.0507. The minimum atomic E-state index is 0.0507. The number of rotatable bonds is 7. The van der Waals surface area contributed by atoms with Crippen LogP contribution in [0.5, 0.6) is 0 Å². The van der Waals surface area contributed by atoms with Gasteiger partial charge in [-0.2, -0.15) is 0 Å². The Morgan fingerprint density at radius 1 is 1.33 bits per heavy atom. The van der Waals surface area contributed by atoms with Crippen LogP contribution < -0.4 is 16.8 Å². The monoisotopic (exact) mass is 213 g/mol. The zero-order valence-corrected chi connectivity index (χ0v) is 10.6. The molecule has 0 aromatic carbocycles. The molecule has 0 radical (unpaired) electrons. The van der Waals surface area contributed by atoms with Crippen molar-refractivity contribution in [1.82, 2.24) is 5.32 Å². The maximum atomic E-state index is 5.70. The summed E-state index contributed by atoms with van der Waals surface area (Å²) in [7, 11) is 0. The smallest absolute Gasteiger partial charge is 0.0519 e. The number of hydrogen-bond acceptors (Lipinski definition) is 3. The molecule has 0 aliphatic rings. The molecule has 0 heterocycles. The molecule has 3 nitrogen and oxygen atoms in total. The normalized spacial score (nSPS) is 17.2. The number of hydrogen-bond donors (Lipinski definition) is 3. The number of nitrogens with two attached hydrogens (primary N) is 2. The van der Waals surface area contributed by atoms with Crippen molar-refractivity contribution in [2.45, 2.75) is 46.7 Å². The Hall–Kier alpha value is -0.380. The van der Waals surface area contributed by atoms with Crippen molar-refractivity contribution in [2.75, 3.05) is 13.1 Å². The van der Waals surface area contributed by atoms with Gasteiger partial charge in [0.1, 0.15) is 0 Å². The zero-order valence-electron chi connectivity index (χ0n) is 10.6. The summed E-state index contributed by atoms with van der Waals surface area (Å²) in [6.45, 7) is 10.2. The fourth-order valence-electron chi connectivity index (χ4n) is 1.64. The molecule has 0 aliphatic carbocycles. The van der Waals surface area contributed by atoms with Gasteiger partial charge in [0.15, 0.2) is 0 Å². The summed E-state index contributed by atoms with van der Waals surface area (Å²) in [6.07, 6.45) is 2.20. The average Bonchev–Trinajstić information content (AvgIpc) is 2.17. The highest BCUT2D eigenvalue weighted by Crippen LogP contribution is 2.19. The highest BCUT2D eigenvalue weighted by atomic mass is 15.0. The Morgan fingerprint density at radius 3 is 2.33 bits per heavy atom. The van der Waals surface area contributed by atoms with Crippen molar-refractivity contribution < 1.29 is 0 Å². The van der Waals surface area contributed by atoms with Crippen LogP contribution in [0, 0.1) is 5.92 Å². The second kappa shape index (κ2) is 7.85. The van der Waals surface area contributed by atoms with E-state index in [1.165, 1.54) is 11.1 Å². The largest absolute Gasteiger partial charge is 0.330 e. The molecule has 0 aromatic heterocycles. The van der Waals surface area contributed by atoms with E-state index in [9.17, 15) is 0 Å². The lowest BCUT2D eigenvalue weighted by atomic mass is 9.92. The van der Waals surface area contributed by atoms with Gasteiger partial charge in [-0.05, 0) is 39.2 Å². The molecule has 5 N–H and O–H groups in total. The highest BCUT2D eigenvalue weighted by molar-refractivity contribution is 5.16. The Balaban J connectivity index is 4.49. The van der Waals surface area contributed by atoms with Crippen molar-refractivity contribution >= 4 is 0 Å². The van der Waals surface area contributed by atoms with Gasteiger partial charge >= 0.3 is 0 Å². The summed E-state index contributed by atoms with van der Waals surface area (Å²) < 4.78 is 0. The summed E-state index contributed by atoms with van der Waals surface area (Å²) in [5.41, 5.74) is 14.2. The molecule has 0 saturated carbocycles. The first kappa shape index (κ1) is 14.6. The molecule has 15 heavy (non-hydrogen) atoms. The Morgan fingerprint density at radius 2 is 1.93 bits per heavy atom. The van der Waals surface area contributed by atoms with E-state index in [-0.39, 0.29) is 6.17 Å². The minimum Gasteiger partial charge on any atom is -0.330 e. The SMILES string of the molecule is CCC(C)/C(CNC(C)N)=C(\C)CCN. The van der Waals surface area contributed by atoms with E-state index in [1.807, 2.05) is 6.92 Å². The van der Waals surface area contributed by atoms with Crippen LogP contribution in [-0.2, 0) is 0 Å². The maximum absolute atomic E-state index is 5.70. The molecule has 0 spiro atoms. The van der Waals surface area contributed by atoms with E-state index in [1.54, 1.807) is 0 Å². The first-order chi connectivity index (χ1) is 7.02. The summed E-state index contributed by atoms with van der Waals surface area (Å²) in [4.78, 5) is 0. The van der Waals surface area contributed by atoms with Gasteiger partial charge in [-0.3, -0.25) is 5.32 Å². The second-order valence-electron chi connectivity index (χ2n) is 4.32. The fraction of sp³-hybridized carbons (Fsp3) is 0.833. The van der Waals surface area contributed by atoms with Crippen LogP contribution in [0.1, 0.15) is 40.5 Å². The van der Waals surface area contributed by atoms with E-state index in [0.29, 0.717) is 5.92 Å². The lowest BCUT2D eigenvalue weighted by Gasteiger charge is -2.20. The standard InChI is InChI=1S/C12H27N3/c1-5-9(2)12(8-15-11(4)14)10(3)6-7-13/h9,11,15H,5-8,13-14H2,1-4H3/b12-10+. The molecule has 0 aliphatic heterocycles. The van der Waals surface area contributed by atoms with Crippen LogP contribution >= 0.6 is 0 Å². The van der Waals surface area contributed by atoms with Gasteiger partial charge in [0, 0.05) is 6.54 Å². The van der Waals surface area contributed by atoms with Gasteiger partial charge in [0.2, 0.25) is 0 Å². The van der Waals surface area contributed by atoms with E-state index >= 15 is 0 Å². The molecule has 3 heteroatoms. The van der Waals surface area contributed by atoms with E-state index in [4.69, 9.17) is 11.5 Å². The summed E-state index contributed by atoms with van der Waals surface area (Å²) in [5, 5.41) is 3.28. The van der Waals surface area contributed by atoms with Crippen LogP contribution in [0.15, 0.2) is 11.1 Å². The molecular formula is C12H27N3. The molecule has 0 fully saturated rings. The Labute approximate surface area is 94.3 Å². The van der Waals surface area contributed by atoms with Gasteiger partial charge in [-0.1, -0.05) is 25.0 Å². The lowest BCUT2D eigenvalue weighted by Crippen LogP contribution is -2.36. The third-order valence-corrected chi connectivity index (χ3v) is 2.89. The second-order valence-corrected chi connectivity index (χ2v) is 4.32. The highest BCUT2D eigenvalue weighted by Gasteiger charge is 2.10. The molecule has 0 bridgehead atoms. The maximum Gasteiger partial charge on any atom is 0.0519 e. The molecule has 0 aromatic rings. The van der Waals surface area contributed by atoms with Gasteiger partial charge < -0.3 is 11.5 Å². The van der Waals surface area contributed by atoms with Crippen molar-refractivity contribution in [2.24, 2.45) is 17.4 Å². The van der Waals surface area contributed by atoms with Crippen LogP contribution in [0.3, 0.4) is 0 Å². The quantitative estimate of drug-likeness (QED) is 0.444. The molecule has 2 unspecified atom stereocenters. The van der Waals surface area contributed by atoms with E-state index in [0.717, 1.165) is 25.9 Å². The molecule has 0 rings (SSSR count). The van der Waals surface area contributed by atoms with Crippen molar-refractivity contribution in [3.63, 3.8) is 0 Å². The van der Waals surface area contributed by atoms with Crippen molar-refractivity contribution in [1.29, 1.82) is 0 Å². The topological polar surface area (TPSA) is 64.1 Å². The number of nitrogens with one attached hydrogen (secondary N) is 1. The van der Waals surface area contributed by atoms with Crippen LogP contribution in [0.25, 0.3) is 0 Å². The molecular weight excluding hydrogens is 186 g/mol. The Bertz CT molecular complexity index is 197. The first-order valence-corrected chi connectivity index (χ1v) is 5.90. The van der Waals surface area contributed by atoms with Crippen LogP contribution in [-0.4, -0.2) is 19.3 Å². The predicted molar refractivity (Wildman–Crippen MR) is 67.5 cm³/mol. The lowest BCUT2D eigenvalue weighted by molar-refractivity contribution is 0.545. The van der Waals surface area contributed by atoms with Crippen molar-refractivity contribution in [3.05, 3.63) is 11.1 Å². The van der Waals surface area contributed by atoms with E-state index in [2.05, 4.69) is 26.1 Å². The molecule has 0 amide bonds. The van der Waals surface area contributed by atoms with Gasteiger partial charge in [0.05, 0.1) is 6.17 Å². The zero-order chi connectivity index (χ0) is 11.8. The van der Waals surface area contributed by atoms with Crippen LogP contribution in [0.4, 0.5) is 0 Å². The van der Waals surface area contributed by atoms with Gasteiger partial charge in [-0.25, -0.2) is 0 Å². The Kier molecular flexibility index (Phi) is 7.65. The van der Waals surface area contributed by atoms with Gasteiger partial charge in [-0.15, -0.1) is 0 Å². The van der Waals surface area contributed by atoms with E-state index < -0.39 is 0 Å². The molecule has 2 atom stereocenters. The average molecular weight is 213 g/mol.